The second-order valence-electron chi connectivity index (χ2n) is 4.40. The Bertz CT molecular complexity index is 552. The van der Waals surface area contributed by atoms with Crippen LogP contribution in [-0.4, -0.2) is 15.9 Å². The Balaban J connectivity index is 1.78. The van der Waals surface area contributed by atoms with Gasteiger partial charge in [0.2, 0.25) is 5.91 Å². The Morgan fingerprint density at radius 2 is 2.32 bits per heavy atom. The maximum absolute atomic E-state index is 11.7. The van der Waals surface area contributed by atoms with Gasteiger partial charge in [-0.05, 0) is 30.5 Å². The summed E-state index contributed by atoms with van der Waals surface area (Å²) in [4.78, 5) is 18.7. The molecule has 2 aromatic rings. The van der Waals surface area contributed by atoms with Crippen molar-refractivity contribution < 1.29 is 4.79 Å². The SMILES string of the molecule is Cc1ccc(CCC(=O)NCc2ncc[nH]2)cc1Cl. The molecule has 0 spiro atoms. The Hall–Kier alpha value is -1.81. The van der Waals surface area contributed by atoms with Crippen LogP contribution < -0.4 is 5.32 Å². The lowest BCUT2D eigenvalue weighted by molar-refractivity contribution is -0.121. The first-order chi connectivity index (χ1) is 9.15. The van der Waals surface area contributed by atoms with E-state index in [2.05, 4.69) is 15.3 Å². The summed E-state index contributed by atoms with van der Waals surface area (Å²) in [6.45, 7) is 2.39. The van der Waals surface area contributed by atoms with Gasteiger partial charge in [-0.1, -0.05) is 23.7 Å². The fourth-order valence-corrected chi connectivity index (χ4v) is 1.92. The smallest absolute Gasteiger partial charge is 0.220 e. The van der Waals surface area contributed by atoms with Crippen LogP contribution in [0.4, 0.5) is 0 Å². The normalized spacial score (nSPS) is 10.4. The second-order valence-corrected chi connectivity index (χ2v) is 4.80. The van der Waals surface area contributed by atoms with Crippen LogP contribution in [0.25, 0.3) is 0 Å². The summed E-state index contributed by atoms with van der Waals surface area (Å²) < 4.78 is 0. The van der Waals surface area contributed by atoms with Crippen molar-refractivity contribution in [2.24, 2.45) is 0 Å². The van der Waals surface area contributed by atoms with E-state index in [1.54, 1.807) is 12.4 Å². The zero-order valence-corrected chi connectivity index (χ0v) is 11.5. The number of carbonyl (C=O) groups is 1. The molecule has 1 aromatic carbocycles. The minimum Gasteiger partial charge on any atom is -0.349 e. The summed E-state index contributed by atoms with van der Waals surface area (Å²) in [5.74, 6) is 0.764. The van der Waals surface area contributed by atoms with Gasteiger partial charge < -0.3 is 10.3 Å². The molecule has 2 N–H and O–H groups in total. The molecular formula is C14H16ClN3O. The molecule has 1 amide bonds. The van der Waals surface area contributed by atoms with Gasteiger partial charge in [0.25, 0.3) is 0 Å². The molecule has 1 heterocycles. The van der Waals surface area contributed by atoms with Gasteiger partial charge >= 0.3 is 0 Å². The van der Waals surface area contributed by atoms with Crippen molar-refractivity contribution >= 4 is 17.5 Å². The van der Waals surface area contributed by atoms with Crippen LogP contribution in [0.5, 0.6) is 0 Å². The van der Waals surface area contributed by atoms with Crippen molar-refractivity contribution in [1.29, 1.82) is 0 Å². The van der Waals surface area contributed by atoms with Crippen LogP contribution in [-0.2, 0) is 17.8 Å². The lowest BCUT2D eigenvalue weighted by Crippen LogP contribution is -2.23. The molecule has 0 saturated carbocycles. The van der Waals surface area contributed by atoms with Gasteiger partial charge in [-0.15, -0.1) is 0 Å². The molecule has 0 unspecified atom stereocenters. The number of aromatic amines is 1. The summed E-state index contributed by atoms with van der Waals surface area (Å²) in [6.07, 6.45) is 4.52. The molecular weight excluding hydrogens is 262 g/mol. The molecule has 5 heteroatoms. The molecule has 0 bridgehead atoms. The number of aryl methyl sites for hydroxylation is 2. The van der Waals surface area contributed by atoms with Crippen LogP contribution in [0.2, 0.25) is 5.02 Å². The van der Waals surface area contributed by atoms with E-state index in [9.17, 15) is 4.79 Å². The average molecular weight is 278 g/mol. The monoisotopic (exact) mass is 277 g/mol. The highest BCUT2D eigenvalue weighted by Gasteiger charge is 2.04. The molecule has 4 nitrogen and oxygen atoms in total. The van der Waals surface area contributed by atoms with Crippen molar-refractivity contribution in [3.63, 3.8) is 0 Å². The van der Waals surface area contributed by atoms with Gasteiger partial charge in [-0.25, -0.2) is 4.98 Å². The van der Waals surface area contributed by atoms with E-state index >= 15 is 0 Å². The minimum atomic E-state index is 0.00750. The van der Waals surface area contributed by atoms with Gasteiger partial charge in [0, 0.05) is 23.8 Å². The Morgan fingerprint density at radius 3 is 3.00 bits per heavy atom. The van der Waals surface area contributed by atoms with Crippen molar-refractivity contribution in [3.05, 3.63) is 52.6 Å². The number of benzene rings is 1. The van der Waals surface area contributed by atoms with Gasteiger partial charge in [0.05, 0.1) is 6.54 Å². The zero-order chi connectivity index (χ0) is 13.7. The lowest BCUT2D eigenvalue weighted by atomic mass is 10.1. The second kappa shape index (κ2) is 6.38. The van der Waals surface area contributed by atoms with E-state index in [4.69, 9.17) is 11.6 Å². The highest BCUT2D eigenvalue weighted by atomic mass is 35.5. The summed E-state index contributed by atoms with van der Waals surface area (Å²) in [6, 6.07) is 5.89. The fourth-order valence-electron chi connectivity index (χ4n) is 1.72. The lowest BCUT2D eigenvalue weighted by Gasteiger charge is -2.05. The number of hydrogen-bond donors (Lipinski definition) is 2. The predicted molar refractivity (Wildman–Crippen MR) is 74.9 cm³/mol. The van der Waals surface area contributed by atoms with Gasteiger partial charge in [0.1, 0.15) is 5.82 Å². The molecule has 2 rings (SSSR count). The summed E-state index contributed by atoms with van der Waals surface area (Å²) in [5.41, 5.74) is 2.12. The number of amides is 1. The van der Waals surface area contributed by atoms with E-state index in [-0.39, 0.29) is 5.91 Å². The highest BCUT2D eigenvalue weighted by Crippen LogP contribution is 2.17. The van der Waals surface area contributed by atoms with E-state index in [1.807, 2.05) is 25.1 Å². The van der Waals surface area contributed by atoms with E-state index in [1.165, 1.54) is 0 Å². The standard InChI is InChI=1S/C14H16ClN3O/c1-10-2-3-11(8-12(10)15)4-5-14(19)18-9-13-16-6-7-17-13/h2-3,6-8H,4-5,9H2,1H3,(H,16,17)(H,18,19). The van der Waals surface area contributed by atoms with Gasteiger partial charge in [-0.2, -0.15) is 0 Å². The molecule has 0 radical (unpaired) electrons. The quantitative estimate of drug-likeness (QED) is 0.883. The first-order valence-electron chi connectivity index (χ1n) is 6.15. The fraction of sp³-hybridized carbons (Fsp3) is 0.286. The first-order valence-corrected chi connectivity index (χ1v) is 6.53. The average Bonchev–Trinajstić information content (AvgIpc) is 2.91. The Morgan fingerprint density at radius 1 is 1.47 bits per heavy atom. The largest absolute Gasteiger partial charge is 0.349 e. The number of hydrogen-bond acceptors (Lipinski definition) is 2. The predicted octanol–water partition coefficient (Wildman–Crippen LogP) is 2.62. The molecule has 1 aromatic heterocycles. The van der Waals surface area contributed by atoms with Crippen molar-refractivity contribution in [3.8, 4) is 0 Å². The van der Waals surface area contributed by atoms with Crippen LogP contribution in [0, 0.1) is 6.92 Å². The number of nitrogens with zero attached hydrogens (tertiary/aromatic N) is 1. The van der Waals surface area contributed by atoms with E-state index < -0.39 is 0 Å². The number of aromatic nitrogens is 2. The van der Waals surface area contributed by atoms with Crippen LogP contribution in [0.3, 0.4) is 0 Å². The van der Waals surface area contributed by atoms with E-state index in [0.717, 1.165) is 22.0 Å². The van der Waals surface area contributed by atoms with Crippen LogP contribution >= 0.6 is 11.6 Å². The number of carbonyl (C=O) groups excluding carboxylic acids is 1. The molecule has 0 fully saturated rings. The van der Waals surface area contributed by atoms with Gasteiger partial charge in [-0.3, -0.25) is 4.79 Å². The highest BCUT2D eigenvalue weighted by molar-refractivity contribution is 6.31. The number of H-pyrrole nitrogens is 1. The van der Waals surface area contributed by atoms with Gasteiger partial charge in [0.15, 0.2) is 0 Å². The molecule has 100 valence electrons. The summed E-state index contributed by atoms with van der Waals surface area (Å²) in [5, 5.41) is 3.56. The van der Waals surface area contributed by atoms with E-state index in [0.29, 0.717) is 19.4 Å². The molecule has 0 atom stereocenters. The number of nitrogens with one attached hydrogen (secondary N) is 2. The molecule has 0 aliphatic rings. The van der Waals surface area contributed by atoms with Crippen LogP contribution in [0.15, 0.2) is 30.6 Å². The maximum atomic E-state index is 11.7. The molecule has 0 aliphatic carbocycles. The van der Waals surface area contributed by atoms with Crippen molar-refractivity contribution in [1.82, 2.24) is 15.3 Å². The minimum absolute atomic E-state index is 0.00750. The molecule has 0 saturated heterocycles. The third-order valence-electron chi connectivity index (χ3n) is 2.88. The summed E-state index contributed by atoms with van der Waals surface area (Å²) in [7, 11) is 0. The molecule has 0 aliphatic heterocycles. The maximum Gasteiger partial charge on any atom is 0.220 e. The van der Waals surface area contributed by atoms with Crippen molar-refractivity contribution in [2.45, 2.75) is 26.3 Å². The summed E-state index contributed by atoms with van der Waals surface area (Å²) >= 11 is 6.04. The van der Waals surface area contributed by atoms with Crippen molar-refractivity contribution in [2.75, 3.05) is 0 Å². The number of rotatable bonds is 5. The van der Waals surface area contributed by atoms with Crippen LogP contribution in [0.1, 0.15) is 23.4 Å². The number of imidazole rings is 1. The Labute approximate surface area is 117 Å². The third kappa shape index (κ3) is 4.10. The third-order valence-corrected chi connectivity index (χ3v) is 3.29. The Kier molecular flexibility index (Phi) is 4.58. The first kappa shape index (κ1) is 13.6. The zero-order valence-electron chi connectivity index (χ0n) is 10.7. The molecule has 19 heavy (non-hydrogen) atoms. The number of halogens is 1. The topological polar surface area (TPSA) is 57.8 Å².